The highest BCUT2D eigenvalue weighted by molar-refractivity contribution is 4.65. The lowest BCUT2D eigenvalue weighted by Gasteiger charge is -2.16. The van der Waals surface area contributed by atoms with Crippen molar-refractivity contribution in [3.63, 3.8) is 0 Å². The molecule has 0 aliphatic carbocycles. The van der Waals surface area contributed by atoms with Gasteiger partial charge in [0.15, 0.2) is 0 Å². The van der Waals surface area contributed by atoms with E-state index in [1.165, 1.54) is 38.8 Å². The average Bonchev–Trinajstić information content (AvgIpc) is 2.11. The van der Waals surface area contributed by atoms with Gasteiger partial charge in [0, 0.05) is 0 Å². The van der Waals surface area contributed by atoms with Crippen molar-refractivity contribution < 1.29 is 0 Å². The fraction of sp³-hybridized carbons (Fsp3) is 1.00. The van der Waals surface area contributed by atoms with Gasteiger partial charge in [0.05, 0.1) is 0 Å². The summed E-state index contributed by atoms with van der Waals surface area (Å²) in [6, 6.07) is 0. The van der Waals surface area contributed by atoms with Crippen molar-refractivity contribution >= 4 is 0 Å². The standard InChI is InChI=1S/C11H23N/c1-10-4-5-11(2)7-9-12(3)8-6-10/h10-11H,4-9H2,1-3H3. The minimum absolute atomic E-state index is 0.938. The van der Waals surface area contributed by atoms with Gasteiger partial charge in [0.25, 0.3) is 0 Å². The topological polar surface area (TPSA) is 3.24 Å². The van der Waals surface area contributed by atoms with Gasteiger partial charge >= 0.3 is 0 Å². The average molecular weight is 169 g/mol. The molecule has 1 heterocycles. The van der Waals surface area contributed by atoms with Crippen LogP contribution in [0, 0.1) is 11.8 Å². The Morgan fingerprint density at radius 3 is 1.67 bits per heavy atom. The lowest BCUT2D eigenvalue weighted by molar-refractivity contribution is 0.303. The van der Waals surface area contributed by atoms with Gasteiger partial charge in [0.1, 0.15) is 0 Å². The molecule has 0 radical (unpaired) electrons. The Kier molecular flexibility index (Phi) is 4.07. The summed E-state index contributed by atoms with van der Waals surface area (Å²) in [6.45, 7) is 7.39. The molecule has 1 nitrogen and oxygen atoms in total. The van der Waals surface area contributed by atoms with Crippen LogP contribution in [0.1, 0.15) is 39.5 Å². The van der Waals surface area contributed by atoms with E-state index >= 15 is 0 Å². The molecular weight excluding hydrogens is 146 g/mol. The molecule has 1 rings (SSSR count). The number of rotatable bonds is 0. The van der Waals surface area contributed by atoms with Crippen molar-refractivity contribution in [2.75, 3.05) is 20.1 Å². The van der Waals surface area contributed by atoms with Crippen molar-refractivity contribution in [2.24, 2.45) is 11.8 Å². The molecule has 2 atom stereocenters. The quantitative estimate of drug-likeness (QED) is 0.539. The van der Waals surface area contributed by atoms with Gasteiger partial charge in [-0.15, -0.1) is 0 Å². The van der Waals surface area contributed by atoms with Gasteiger partial charge in [-0.1, -0.05) is 26.7 Å². The van der Waals surface area contributed by atoms with E-state index in [1.54, 1.807) is 0 Å². The van der Waals surface area contributed by atoms with Crippen LogP contribution in [0.3, 0.4) is 0 Å². The predicted molar refractivity (Wildman–Crippen MR) is 54.3 cm³/mol. The molecule has 0 spiro atoms. The summed E-state index contributed by atoms with van der Waals surface area (Å²) < 4.78 is 0. The summed E-state index contributed by atoms with van der Waals surface area (Å²) >= 11 is 0. The predicted octanol–water partition coefficient (Wildman–Crippen LogP) is 2.76. The second kappa shape index (κ2) is 4.86. The number of hydrogen-bond donors (Lipinski definition) is 0. The van der Waals surface area contributed by atoms with E-state index in [9.17, 15) is 0 Å². The summed E-state index contributed by atoms with van der Waals surface area (Å²) in [6.07, 6.45) is 5.66. The summed E-state index contributed by atoms with van der Waals surface area (Å²) in [5.74, 6) is 1.88. The maximum atomic E-state index is 2.48. The Balaban J connectivity index is 2.36. The molecule has 1 aliphatic heterocycles. The lowest BCUT2D eigenvalue weighted by Crippen LogP contribution is -2.22. The molecule has 0 aromatic rings. The Hall–Kier alpha value is -0.0400. The van der Waals surface area contributed by atoms with E-state index in [-0.39, 0.29) is 0 Å². The van der Waals surface area contributed by atoms with Crippen molar-refractivity contribution in [1.82, 2.24) is 4.90 Å². The van der Waals surface area contributed by atoms with Gasteiger partial charge in [-0.3, -0.25) is 0 Å². The van der Waals surface area contributed by atoms with Gasteiger partial charge in [0.2, 0.25) is 0 Å². The summed E-state index contributed by atoms with van der Waals surface area (Å²) in [4.78, 5) is 2.48. The molecule has 0 aromatic carbocycles. The van der Waals surface area contributed by atoms with E-state index in [2.05, 4.69) is 25.8 Å². The first-order valence-corrected chi connectivity index (χ1v) is 5.37. The van der Waals surface area contributed by atoms with Crippen LogP contribution in [0.5, 0.6) is 0 Å². The number of hydrogen-bond acceptors (Lipinski definition) is 1. The third-order valence-corrected chi connectivity index (χ3v) is 3.16. The van der Waals surface area contributed by atoms with Crippen LogP contribution >= 0.6 is 0 Å². The second-order valence-electron chi connectivity index (χ2n) is 4.67. The first-order chi connectivity index (χ1) is 5.68. The van der Waals surface area contributed by atoms with E-state index in [1.807, 2.05) is 0 Å². The molecule has 1 saturated heterocycles. The zero-order valence-electron chi connectivity index (χ0n) is 8.84. The van der Waals surface area contributed by atoms with Crippen LogP contribution in [-0.4, -0.2) is 25.0 Å². The van der Waals surface area contributed by atoms with Gasteiger partial charge < -0.3 is 4.90 Å². The van der Waals surface area contributed by atoms with Crippen LogP contribution in [0.2, 0.25) is 0 Å². The highest BCUT2D eigenvalue weighted by Gasteiger charge is 2.11. The summed E-state index contributed by atoms with van der Waals surface area (Å²) in [5, 5.41) is 0. The normalized spacial score (nSPS) is 35.2. The van der Waals surface area contributed by atoms with Crippen LogP contribution in [0.4, 0.5) is 0 Å². The Bertz CT molecular complexity index is 86.4. The molecule has 0 amide bonds. The molecule has 72 valence electrons. The molecular formula is C11H23N. The van der Waals surface area contributed by atoms with Crippen molar-refractivity contribution in [3.05, 3.63) is 0 Å². The minimum atomic E-state index is 0.938. The third kappa shape index (κ3) is 3.57. The number of nitrogens with zero attached hydrogens (tertiary/aromatic N) is 1. The Morgan fingerprint density at radius 2 is 1.25 bits per heavy atom. The Labute approximate surface area is 77.1 Å². The smallest absolute Gasteiger partial charge is 0.00192 e. The largest absolute Gasteiger partial charge is 0.306 e. The second-order valence-corrected chi connectivity index (χ2v) is 4.67. The molecule has 0 saturated carbocycles. The van der Waals surface area contributed by atoms with Crippen LogP contribution in [-0.2, 0) is 0 Å². The van der Waals surface area contributed by atoms with Crippen molar-refractivity contribution in [1.29, 1.82) is 0 Å². The fourth-order valence-corrected chi connectivity index (χ4v) is 1.85. The fourth-order valence-electron chi connectivity index (χ4n) is 1.85. The molecule has 1 heteroatoms. The first kappa shape index (κ1) is 10.0. The summed E-state index contributed by atoms with van der Waals surface area (Å²) in [7, 11) is 2.25. The van der Waals surface area contributed by atoms with E-state index in [0.717, 1.165) is 11.8 Å². The van der Waals surface area contributed by atoms with E-state index in [0.29, 0.717) is 0 Å². The SMILES string of the molecule is CC1CCC(C)CCN(C)CC1. The van der Waals surface area contributed by atoms with Gasteiger partial charge in [-0.2, -0.15) is 0 Å². The zero-order chi connectivity index (χ0) is 8.97. The van der Waals surface area contributed by atoms with Crippen LogP contribution in [0.15, 0.2) is 0 Å². The van der Waals surface area contributed by atoms with Crippen LogP contribution < -0.4 is 0 Å². The van der Waals surface area contributed by atoms with Crippen molar-refractivity contribution in [3.8, 4) is 0 Å². The van der Waals surface area contributed by atoms with Gasteiger partial charge in [-0.05, 0) is 44.8 Å². The van der Waals surface area contributed by atoms with Crippen LogP contribution in [0.25, 0.3) is 0 Å². The zero-order valence-corrected chi connectivity index (χ0v) is 8.84. The molecule has 0 bridgehead atoms. The highest BCUT2D eigenvalue weighted by atomic mass is 15.1. The van der Waals surface area contributed by atoms with Gasteiger partial charge in [-0.25, -0.2) is 0 Å². The molecule has 1 aliphatic rings. The molecule has 12 heavy (non-hydrogen) atoms. The monoisotopic (exact) mass is 169 g/mol. The maximum Gasteiger partial charge on any atom is -0.00192 e. The van der Waals surface area contributed by atoms with E-state index in [4.69, 9.17) is 0 Å². The molecule has 2 unspecified atom stereocenters. The molecule has 0 N–H and O–H groups in total. The van der Waals surface area contributed by atoms with E-state index < -0.39 is 0 Å². The minimum Gasteiger partial charge on any atom is -0.306 e. The van der Waals surface area contributed by atoms with Crippen molar-refractivity contribution in [2.45, 2.75) is 39.5 Å². The highest BCUT2D eigenvalue weighted by Crippen LogP contribution is 2.20. The lowest BCUT2D eigenvalue weighted by atomic mass is 9.95. The Morgan fingerprint density at radius 1 is 0.833 bits per heavy atom. The molecule has 1 fully saturated rings. The third-order valence-electron chi connectivity index (χ3n) is 3.16. The summed E-state index contributed by atoms with van der Waals surface area (Å²) in [5.41, 5.74) is 0. The molecule has 0 aromatic heterocycles. The first-order valence-electron chi connectivity index (χ1n) is 5.37. The maximum absolute atomic E-state index is 2.48.